The van der Waals surface area contributed by atoms with Gasteiger partial charge < -0.3 is 5.32 Å². The molecule has 0 aromatic heterocycles. The molecule has 2 rings (SSSR count). The molecule has 1 N–H and O–H groups in total. The number of hydrogen-bond donors (Lipinski definition) is 1. The molecule has 1 aromatic rings. The van der Waals surface area contributed by atoms with E-state index in [1.165, 1.54) is 5.56 Å². The molecule has 1 atom stereocenters. The average Bonchev–Trinajstić information content (AvgIpc) is 2.79. The van der Waals surface area contributed by atoms with E-state index in [9.17, 15) is 4.79 Å². The van der Waals surface area contributed by atoms with Crippen molar-refractivity contribution in [2.45, 2.75) is 26.7 Å². The molecular formula is C14H19NO. The van der Waals surface area contributed by atoms with E-state index in [-0.39, 0.29) is 5.41 Å². The number of carbonyl (C=O) groups is 1. The van der Waals surface area contributed by atoms with Crippen molar-refractivity contribution in [3.05, 3.63) is 35.4 Å². The van der Waals surface area contributed by atoms with Crippen LogP contribution in [0.1, 0.15) is 35.7 Å². The fourth-order valence-electron chi connectivity index (χ4n) is 2.41. The quantitative estimate of drug-likeness (QED) is 0.788. The molecular weight excluding hydrogens is 198 g/mol. The smallest absolute Gasteiger partial charge is 0.170 e. The molecule has 1 aliphatic heterocycles. The van der Waals surface area contributed by atoms with E-state index >= 15 is 0 Å². The van der Waals surface area contributed by atoms with Crippen molar-refractivity contribution in [1.29, 1.82) is 0 Å². The molecule has 2 nitrogen and oxygen atoms in total. The van der Waals surface area contributed by atoms with Crippen LogP contribution < -0.4 is 5.32 Å². The summed E-state index contributed by atoms with van der Waals surface area (Å²) in [5.41, 5.74) is 1.90. The largest absolute Gasteiger partial charge is 0.316 e. The van der Waals surface area contributed by atoms with Crippen LogP contribution in [0.5, 0.6) is 0 Å². The summed E-state index contributed by atoms with van der Waals surface area (Å²) in [5.74, 6) is 0.306. The molecule has 2 heteroatoms. The van der Waals surface area contributed by atoms with E-state index in [4.69, 9.17) is 0 Å². The van der Waals surface area contributed by atoms with E-state index in [1.807, 2.05) is 31.2 Å². The predicted octanol–water partition coefficient (Wildman–Crippen LogP) is 2.57. The first kappa shape index (κ1) is 11.3. The standard InChI is InChI=1S/C14H19NO/c1-3-14(8-9-15-10-14)13(16)12-6-4-11(2)5-7-12/h4-7,15H,3,8-10H2,1-2H3. The highest BCUT2D eigenvalue weighted by atomic mass is 16.1. The average molecular weight is 217 g/mol. The molecule has 16 heavy (non-hydrogen) atoms. The van der Waals surface area contributed by atoms with Gasteiger partial charge in [0.1, 0.15) is 0 Å². The first-order valence-electron chi connectivity index (χ1n) is 6.00. The Labute approximate surface area is 97.1 Å². The summed E-state index contributed by atoms with van der Waals surface area (Å²) in [6.07, 6.45) is 1.89. The number of benzene rings is 1. The van der Waals surface area contributed by atoms with E-state index in [0.29, 0.717) is 5.78 Å². The molecule has 0 aliphatic carbocycles. The summed E-state index contributed by atoms with van der Waals surface area (Å²) in [5, 5.41) is 3.31. The first-order valence-corrected chi connectivity index (χ1v) is 6.00. The van der Waals surface area contributed by atoms with Crippen molar-refractivity contribution in [3.8, 4) is 0 Å². The summed E-state index contributed by atoms with van der Waals surface area (Å²) >= 11 is 0. The zero-order chi connectivity index (χ0) is 11.6. The van der Waals surface area contributed by atoms with Crippen LogP contribution >= 0.6 is 0 Å². The van der Waals surface area contributed by atoms with Crippen molar-refractivity contribution < 1.29 is 4.79 Å². The van der Waals surface area contributed by atoms with Crippen LogP contribution in [0.4, 0.5) is 0 Å². The number of rotatable bonds is 3. The van der Waals surface area contributed by atoms with Gasteiger partial charge in [0.15, 0.2) is 5.78 Å². The van der Waals surface area contributed by atoms with Gasteiger partial charge in [-0.05, 0) is 26.3 Å². The van der Waals surface area contributed by atoms with Gasteiger partial charge in [-0.1, -0.05) is 36.8 Å². The van der Waals surface area contributed by atoms with Crippen LogP contribution in [0, 0.1) is 12.3 Å². The molecule has 0 bridgehead atoms. The minimum absolute atomic E-state index is 0.157. The lowest BCUT2D eigenvalue weighted by Gasteiger charge is -2.24. The summed E-state index contributed by atoms with van der Waals surface area (Å²) in [6.45, 7) is 5.95. The third-order valence-electron chi connectivity index (χ3n) is 3.72. The lowest BCUT2D eigenvalue weighted by atomic mass is 9.77. The van der Waals surface area contributed by atoms with Crippen molar-refractivity contribution in [2.24, 2.45) is 5.41 Å². The molecule has 1 fully saturated rings. The molecule has 1 unspecified atom stereocenters. The molecule has 1 aliphatic rings. The fourth-order valence-corrected chi connectivity index (χ4v) is 2.41. The van der Waals surface area contributed by atoms with Crippen LogP contribution in [-0.4, -0.2) is 18.9 Å². The van der Waals surface area contributed by atoms with Crippen molar-refractivity contribution in [2.75, 3.05) is 13.1 Å². The predicted molar refractivity (Wildman–Crippen MR) is 65.7 cm³/mol. The Hall–Kier alpha value is -1.15. The summed E-state index contributed by atoms with van der Waals surface area (Å²) in [7, 11) is 0. The van der Waals surface area contributed by atoms with Gasteiger partial charge >= 0.3 is 0 Å². The van der Waals surface area contributed by atoms with Crippen LogP contribution in [0.2, 0.25) is 0 Å². The highest BCUT2D eigenvalue weighted by molar-refractivity contribution is 6.00. The van der Waals surface area contributed by atoms with E-state index < -0.39 is 0 Å². The minimum atomic E-state index is -0.157. The Morgan fingerprint density at radius 3 is 2.56 bits per heavy atom. The van der Waals surface area contributed by atoms with Gasteiger partial charge in [0.25, 0.3) is 0 Å². The van der Waals surface area contributed by atoms with Gasteiger partial charge in [-0.2, -0.15) is 0 Å². The summed E-state index contributed by atoms with van der Waals surface area (Å²) in [6, 6.07) is 7.93. The maximum atomic E-state index is 12.5. The number of ketones is 1. The number of aryl methyl sites for hydroxylation is 1. The second-order valence-corrected chi connectivity index (χ2v) is 4.76. The van der Waals surface area contributed by atoms with Gasteiger partial charge in [-0.15, -0.1) is 0 Å². The van der Waals surface area contributed by atoms with Gasteiger partial charge in [0.2, 0.25) is 0 Å². The van der Waals surface area contributed by atoms with Gasteiger partial charge in [-0.25, -0.2) is 0 Å². The molecule has 1 heterocycles. The Kier molecular flexibility index (Phi) is 3.10. The van der Waals surface area contributed by atoms with Crippen LogP contribution in [0.15, 0.2) is 24.3 Å². The van der Waals surface area contributed by atoms with Gasteiger partial charge in [0.05, 0.1) is 0 Å². The SMILES string of the molecule is CCC1(C(=O)c2ccc(C)cc2)CCNC1. The van der Waals surface area contributed by atoms with Crippen LogP contribution in [-0.2, 0) is 0 Å². The number of carbonyl (C=O) groups excluding carboxylic acids is 1. The molecule has 0 radical (unpaired) electrons. The molecule has 1 aromatic carbocycles. The Balaban J connectivity index is 2.26. The Bertz CT molecular complexity index is 374. The molecule has 0 saturated carbocycles. The number of Topliss-reactive ketones (excluding diaryl/α,β-unsaturated/α-hetero) is 1. The van der Waals surface area contributed by atoms with Gasteiger partial charge in [0, 0.05) is 17.5 Å². The summed E-state index contributed by atoms with van der Waals surface area (Å²) in [4.78, 5) is 12.5. The molecule has 86 valence electrons. The normalized spacial score (nSPS) is 24.6. The van der Waals surface area contributed by atoms with E-state index in [0.717, 1.165) is 31.5 Å². The number of nitrogens with one attached hydrogen (secondary N) is 1. The Morgan fingerprint density at radius 1 is 1.38 bits per heavy atom. The third-order valence-corrected chi connectivity index (χ3v) is 3.72. The summed E-state index contributed by atoms with van der Waals surface area (Å²) < 4.78 is 0. The van der Waals surface area contributed by atoms with Crippen molar-refractivity contribution in [1.82, 2.24) is 5.32 Å². The highest BCUT2D eigenvalue weighted by Crippen LogP contribution is 2.33. The highest BCUT2D eigenvalue weighted by Gasteiger charge is 2.39. The topological polar surface area (TPSA) is 29.1 Å². The minimum Gasteiger partial charge on any atom is -0.316 e. The second-order valence-electron chi connectivity index (χ2n) is 4.76. The van der Waals surface area contributed by atoms with E-state index in [2.05, 4.69) is 12.2 Å². The zero-order valence-electron chi connectivity index (χ0n) is 10.0. The van der Waals surface area contributed by atoms with Crippen molar-refractivity contribution >= 4 is 5.78 Å². The fraction of sp³-hybridized carbons (Fsp3) is 0.500. The zero-order valence-corrected chi connectivity index (χ0v) is 10.0. The molecule has 0 amide bonds. The molecule has 0 spiro atoms. The van der Waals surface area contributed by atoms with Crippen LogP contribution in [0.25, 0.3) is 0 Å². The number of hydrogen-bond acceptors (Lipinski definition) is 2. The molecule has 1 saturated heterocycles. The van der Waals surface area contributed by atoms with Gasteiger partial charge in [-0.3, -0.25) is 4.79 Å². The monoisotopic (exact) mass is 217 g/mol. The van der Waals surface area contributed by atoms with Crippen molar-refractivity contribution in [3.63, 3.8) is 0 Å². The van der Waals surface area contributed by atoms with Crippen LogP contribution in [0.3, 0.4) is 0 Å². The third kappa shape index (κ3) is 1.90. The van der Waals surface area contributed by atoms with E-state index in [1.54, 1.807) is 0 Å². The maximum Gasteiger partial charge on any atom is 0.170 e. The first-order chi connectivity index (χ1) is 7.68. The second kappa shape index (κ2) is 4.38. The Morgan fingerprint density at radius 2 is 2.06 bits per heavy atom. The lowest BCUT2D eigenvalue weighted by molar-refractivity contribution is 0.0810. The maximum absolute atomic E-state index is 12.5. The lowest BCUT2D eigenvalue weighted by Crippen LogP contribution is -2.32.